The van der Waals surface area contributed by atoms with Gasteiger partial charge in [-0.05, 0) is 50.9 Å². The summed E-state index contributed by atoms with van der Waals surface area (Å²) in [7, 11) is -3.55. The van der Waals surface area contributed by atoms with Crippen LogP contribution in [0.2, 0.25) is 0 Å². The third-order valence-electron chi connectivity index (χ3n) is 5.13. The molecule has 0 aromatic heterocycles. The molecule has 148 valence electrons. The van der Waals surface area contributed by atoms with Crippen molar-refractivity contribution in [3.05, 3.63) is 29.8 Å². The van der Waals surface area contributed by atoms with Crippen LogP contribution in [0.4, 0.5) is 0 Å². The predicted molar refractivity (Wildman–Crippen MR) is 105 cm³/mol. The number of carbonyl (C=O) groups is 1. The van der Waals surface area contributed by atoms with Gasteiger partial charge >= 0.3 is 0 Å². The fraction of sp³-hybridized carbons (Fsp3) is 0.579. The van der Waals surface area contributed by atoms with E-state index in [1.54, 1.807) is 24.3 Å². The van der Waals surface area contributed by atoms with Crippen LogP contribution < -0.4 is 10.0 Å². The summed E-state index contributed by atoms with van der Waals surface area (Å²) in [5.41, 5.74) is 0.570. The lowest BCUT2D eigenvalue weighted by Crippen LogP contribution is -2.41. The van der Waals surface area contributed by atoms with Crippen molar-refractivity contribution in [3.63, 3.8) is 0 Å². The highest BCUT2D eigenvalue weighted by atomic mass is 32.2. The lowest BCUT2D eigenvalue weighted by molar-refractivity contribution is -0.132. The van der Waals surface area contributed by atoms with E-state index in [0.29, 0.717) is 17.3 Å². The molecule has 1 unspecified atom stereocenters. The Balaban J connectivity index is 1.58. The number of carbonyl (C=O) groups excluding carboxylic acids is 1. The van der Waals surface area contributed by atoms with Crippen LogP contribution in [0, 0.1) is 5.92 Å². The van der Waals surface area contributed by atoms with Crippen LogP contribution in [0.1, 0.15) is 38.7 Å². The van der Waals surface area contributed by atoms with E-state index < -0.39 is 10.0 Å². The molecule has 2 aliphatic rings. The molecule has 0 radical (unpaired) electrons. The van der Waals surface area contributed by atoms with Crippen molar-refractivity contribution in [1.82, 2.24) is 14.9 Å². The highest BCUT2D eigenvalue weighted by molar-refractivity contribution is 7.90. The van der Waals surface area contributed by atoms with Crippen molar-refractivity contribution in [2.24, 2.45) is 10.9 Å². The van der Waals surface area contributed by atoms with E-state index >= 15 is 0 Å². The first kappa shape index (κ1) is 19.8. The van der Waals surface area contributed by atoms with Crippen molar-refractivity contribution in [3.8, 4) is 0 Å². The molecule has 3 rings (SSSR count). The SMILES string of the molecule is CCNCC1CCN(C(=O)CC(C)N=C2NS(=O)(=O)c3ccccc32)CC1. The summed E-state index contributed by atoms with van der Waals surface area (Å²) in [6, 6.07) is 6.47. The maximum absolute atomic E-state index is 12.6. The first-order valence-electron chi connectivity index (χ1n) is 9.59. The van der Waals surface area contributed by atoms with Gasteiger partial charge in [-0.15, -0.1) is 0 Å². The fourth-order valence-electron chi connectivity index (χ4n) is 3.61. The third-order valence-corrected chi connectivity index (χ3v) is 6.53. The molecule has 2 heterocycles. The summed E-state index contributed by atoms with van der Waals surface area (Å²) >= 11 is 0. The number of likely N-dealkylation sites (tertiary alicyclic amines) is 1. The minimum absolute atomic E-state index is 0.0860. The largest absolute Gasteiger partial charge is 0.343 e. The number of hydrogen-bond donors (Lipinski definition) is 2. The highest BCUT2D eigenvalue weighted by Crippen LogP contribution is 2.23. The van der Waals surface area contributed by atoms with Crippen LogP contribution in [-0.2, 0) is 14.8 Å². The van der Waals surface area contributed by atoms with Gasteiger partial charge in [-0.3, -0.25) is 14.5 Å². The third kappa shape index (κ3) is 4.68. The zero-order valence-electron chi connectivity index (χ0n) is 15.9. The lowest BCUT2D eigenvalue weighted by atomic mass is 9.96. The Morgan fingerprint density at radius 2 is 2.04 bits per heavy atom. The number of sulfonamides is 1. The lowest BCUT2D eigenvalue weighted by Gasteiger charge is -2.32. The minimum Gasteiger partial charge on any atom is -0.343 e. The molecule has 1 fully saturated rings. The van der Waals surface area contributed by atoms with E-state index in [0.717, 1.165) is 39.0 Å². The van der Waals surface area contributed by atoms with E-state index in [-0.39, 0.29) is 23.3 Å². The van der Waals surface area contributed by atoms with Crippen molar-refractivity contribution < 1.29 is 13.2 Å². The standard InChI is InChI=1S/C19H28N4O3S/c1-3-20-13-15-8-10-23(11-9-15)18(24)12-14(2)21-19-16-6-4-5-7-17(16)27(25,26)22-19/h4-7,14-15,20H,3,8-13H2,1-2H3,(H,21,22). The molecule has 7 nitrogen and oxygen atoms in total. The molecule has 1 amide bonds. The molecule has 1 aromatic carbocycles. The molecule has 8 heteroatoms. The zero-order chi connectivity index (χ0) is 19.4. The second kappa shape index (κ2) is 8.39. The van der Waals surface area contributed by atoms with Gasteiger partial charge in [0.2, 0.25) is 5.91 Å². The van der Waals surface area contributed by atoms with E-state index in [4.69, 9.17) is 0 Å². The fourth-order valence-corrected chi connectivity index (χ4v) is 4.85. The molecule has 1 saturated heterocycles. The number of nitrogens with one attached hydrogen (secondary N) is 2. The first-order chi connectivity index (χ1) is 12.9. The molecule has 1 atom stereocenters. The molecule has 0 aliphatic carbocycles. The van der Waals surface area contributed by atoms with Gasteiger partial charge in [0.05, 0.1) is 10.9 Å². The summed E-state index contributed by atoms with van der Waals surface area (Å²) in [4.78, 5) is 19.2. The smallest absolute Gasteiger partial charge is 0.263 e. The van der Waals surface area contributed by atoms with Crippen molar-refractivity contribution in [1.29, 1.82) is 0 Å². The Morgan fingerprint density at radius 1 is 1.33 bits per heavy atom. The van der Waals surface area contributed by atoms with Crippen molar-refractivity contribution in [2.45, 2.75) is 44.0 Å². The van der Waals surface area contributed by atoms with Crippen LogP contribution >= 0.6 is 0 Å². The summed E-state index contributed by atoms with van der Waals surface area (Å²) in [5, 5.41) is 3.37. The van der Waals surface area contributed by atoms with E-state index in [2.05, 4.69) is 22.0 Å². The van der Waals surface area contributed by atoms with Gasteiger partial charge in [0, 0.05) is 25.1 Å². The highest BCUT2D eigenvalue weighted by Gasteiger charge is 2.31. The second-order valence-corrected chi connectivity index (χ2v) is 8.92. The number of nitrogens with zero attached hydrogens (tertiary/aromatic N) is 2. The number of hydrogen-bond acceptors (Lipinski definition) is 5. The summed E-state index contributed by atoms with van der Waals surface area (Å²) in [6.07, 6.45) is 2.33. The Labute approximate surface area is 161 Å². The Morgan fingerprint density at radius 3 is 2.74 bits per heavy atom. The molecule has 2 N–H and O–H groups in total. The summed E-state index contributed by atoms with van der Waals surface area (Å²) in [6.45, 7) is 7.51. The van der Waals surface area contributed by atoms with E-state index in [1.807, 2.05) is 11.8 Å². The topological polar surface area (TPSA) is 90.9 Å². The van der Waals surface area contributed by atoms with Gasteiger partial charge in [0.1, 0.15) is 5.84 Å². The van der Waals surface area contributed by atoms with Gasteiger partial charge in [-0.2, -0.15) is 0 Å². The maximum atomic E-state index is 12.6. The molecule has 0 saturated carbocycles. The van der Waals surface area contributed by atoms with Gasteiger partial charge in [0.25, 0.3) is 10.0 Å². The van der Waals surface area contributed by atoms with E-state index in [1.165, 1.54) is 0 Å². The van der Waals surface area contributed by atoms with Gasteiger partial charge in [0.15, 0.2) is 0 Å². The van der Waals surface area contributed by atoms with Crippen molar-refractivity contribution >= 4 is 21.8 Å². The molecule has 0 bridgehead atoms. The van der Waals surface area contributed by atoms with Gasteiger partial charge < -0.3 is 10.2 Å². The Bertz CT molecular complexity index is 814. The average Bonchev–Trinajstić information content (AvgIpc) is 2.91. The summed E-state index contributed by atoms with van der Waals surface area (Å²) in [5.74, 6) is 1.05. The maximum Gasteiger partial charge on any atom is 0.263 e. The predicted octanol–water partition coefficient (Wildman–Crippen LogP) is 1.35. The number of piperidine rings is 1. The first-order valence-corrected chi connectivity index (χ1v) is 11.1. The molecule has 1 aromatic rings. The van der Waals surface area contributed by atoms with Crippen LogP contribution in [0.25, 0.3) is 0 Å². The van der Waals surface area contributed by atoms with Crippen LogP contribution in [-0.4, -0.2) is 57.3 Å². The minimum atomic E-state index is -3.55. The quantitative estimate of drug-likeness (QED) is 0.765. The number of aliphatic imine (C=N–C) groups is 1. The van der Waals surface area contributed by atoms with Crippen molar-refractivity contribution in [2.75, 3.05) is 26.2 Å². The second-order valence-electron chi connectivity index (χ2n) is 7.26. The molecule has 0 spiro atoms. The molecular formula is C19H28N4O3S. The molecule has 27 heavy (non-hydrogen) atoms. The number of amides is 1. The Kier molecular flexibility index (Phi) is 6.16. The number of amidine groups is 1. The van der Waals surface area contributed by atoms with E-state index in [9.17, 15) is 13.2 Å². The Hall–Kier alpha value is -1.93. The van der Waals surface area contributed by atoms with Gasteiger partial charge in [-0.1, -0.05) is 19.1 Å². The van der Waals surface area contributed by atoms with Crippen LogP contribution in [0.5, 0.6) is 0 Å². The van der Waals surface area contributed by atoms with Crippen LogP contribution in [0.15, 0.2) is 34.2 Å². The number of benzene rings is 1. The monoisotopic (exact) mass is 392 g/mol. The molecule has 2 aliphatic heterocycles. The molecular weight excluding hydrogens is 364 g/mol. The zero-order valence-corrected chi connectivity index (χ0v) is 16.8. The average molecular weight is 393 g/mol. The summed E-state index contributed by atoms with van der Waals surface area (Å²) < 4.78 is 26.8. The normalized spacial score (nSPS) is 21.7. The van der Waals surface area contributed by atoms with Crippen LogP contribution in [0.3, 0.4) is 0 Å². The van der Waals surface area contributed by atoms with Gasteiger partial charge in [-0.25, -0.2) is 8.42 Å². The number of fused-ring (bicyclic) bond motifs is 1. The number of rotatable bonds is 6.